The summed E-state index contributed by atoms with van der Waals surface area (Å²) >= 11 is 0. The molecule has 0 amide bonds. The average Bonchev–Trinajstić information content (AvgIpc) is 2.36. The van der Waals surface area contributed by atoms with Gasteiger partial charge in [-0.2, -0.15) is 0 Å². The molecular weight excluding hydrogens is 316 g/mol. The van der Waals surface area contributed by atoms with Gasteiger partial charge in [0.2, 0.25) is 0 Å². The van der Waals surface area contributed by atoms with Crippen LogP contribution in [-0.4, -0.2) is 53.9 Å². The summed E-state index contributed by atoms with van der Waals surface area (Å²) in [4.78, 5) is 18.4. The highest BCUT2D eigenvalue weighted by Gasteiger charge is 1.81. The van der Waals surface area contributed by atoms with Gasteiger partial charge in [-0.15, -0.1) is 0 Å². The number of ether oxygens (including phenoxy) is 2. The van der Waals surface area contributed by atoms with E-state index in [9.17, 15) is 4.79 Å². The average molecular weight is 363 g/mol. The minimum absolute atomic E-state index is 0. The third-order valence-electron chi connectivity index (χ3n) is 1.02. The molecule has 0 aliphatic rings. The SMILES string of the molecule is C.C.C.C.CC(=O)O.CCC(=O)O.CCCOCOCC.CCO. The lowest BCUT2D eigenvalue weighted by molar-refractivity contribution is -0.137. The molecule has 0 atom stereocenters. The molecule has 0 saturated heterocycles. The van der Waals surface area contributed by atoms with Crippen LogP contribution in [0.4, 0.5) is 0 Å². The van der Waals surface area contributed by atoms with Gasteiger partial charge < -0.3 is 24.8 Å². The zero-order chi connectivity index (χ0) is 16.8. The smallest absolute Gasteiger partial charge is 0.303 e. The molecule has 0 saturated carbocycles. The Kier molecular flexibility index (Phi) is 119. The molecule has 156 valence electrons. The van der Waals surface area contributed by atoms with Gasteiger partial charge in [-0.25, -0.2) is 0 Å². The van der Waals surface area contributed by atoms with Crippen molar-refractivity contribution in [3.8, 4) is 0 Å². The summed E-state index contributed by atoms with van der Waals surface area (Å²) in [5.41, 5.74) is 0. The second-order valence-corrected chi connectivity index (χ2v) is 3.10. The van der Waals surface area contributed by atoms with Gasteiger partial charge in [-0.3, -0.25) is 9.59 Å². The third-order valence-corrected chi connectivity index (χ3v) is 1.02. The first-order valence-corrected chi connectivity index (χ1v) is 6.51. The minimum Gasteiger partial charge on any atom is -0.481 e. The van der Waals surface area contributed by atoms with Crippen molar-refractivity contribution in [2.24, 2.45) is 0 Å². The summed E-state index contributed by atoms with van der Waals surface area (Å²) in [5, 5.41) is 22.7. The Labute approximate surface area is 151 Å². The van der Waals surface area contributed by atoms with Crippen LogP contribution in [0.5, 0.6) is 0 Å². The van der Waals surface area contributed by atoms with Crippen molar-refractivity contribution >= 4 is 11.9 Å². The Hall–Kier alpha value is -1.18. The number of carboxylic acid groups (broad SMARTS) is 2. The van der Waals surface area contributed by atoms with Crippen LogP contribution >= 0.6 is 0 Å². The van der Waals surface area contributed by atoms with Crippen LogP contribution in [0.15, 0.2) is 0 Å². The number of aliphatic hydroxyl groups is 1. The van der Waals surface area contributed by atoms with Crippen molar-refractivity contribution < 1.29 is 34.4 Å². The lowest BCUT2D eigenvalue weighted by Gasteiger charge is -1.99. The van der Waals surface area contributed by atoms with E-state index in [2.05, 4.69) is 6.92 Å². The maximum Gasteiger partial charge on any atom is 0.303 e. The summed E-state index contributed by atoms with van der Waals surface area (Å²) in [5.74, 6) is -1.58. The molecule has 0 aliphatic carbocycles. The van der Waals surface area contributed by atoms with Crippen LogP contribution in [0.3, 0.4) is 0 Å². The van der Waals surface area contributed by atoms with Crippen LogP contribution in [0.2, 0.25) is 0 Å². The number of carboxylic acids is 2. The van der Waals surface area contributed by atoms with E-state index in [-0.39, 0.29) is 42.7 Å². The fourth-order valence-corrected chi connectivity index (χ4v) is 0.346. The first-order valence-electron chi connectivity index (χ1n) is 6.51. The maximum absolute atomic E-state index is 9.37. The van der Waals surface area contributed by atoms with Crippen molar-refractivity contribution in [1.29, 1.82) is 0 Å². The second-order valence-electron chi connectivity index (χ2n) is 3.10. The van der Waals surface area contributed by atoms with E-state index >= 15 is 0 Å². The lowest BCUT2D eigenvalue weighted by Crippen LogP contribution is -1.99. The second kappa shape index (κ2) is 57.5. The molecule has 24 heavy (non-hydrogen) atoms. The van der Waals surface area contributed by atoms with E-state index in [1.165, 1.54) is 0 Å². The highest BCUT2D eigenvalue weighted by atomic mass is 16.7. The summed E-state index contributed by atoms with van der Waals surface area (Å²) < 4.78 is 9.91. The molecule has 0 aromatic heterocycles. The van der Waals surface area contributed by atoms with Gasteiger partial charge in [0.25, 0.3) is 5.97 Å². The molecule has 7 nitrogen and oxygen atoms in total. The molecule has 0 radical (unpaired) electrons. The number of hydrogen-bond acceptors (Lipinski definition) is 5. The molecular formula is C17H46O7. The van der Waals surface area contributed by atoms with Gasteiger partial charge in [-0.05, 0) is 20.3 Å². The van der Waals surface area contributed by atoms with Gasteiger partial charge >= 0.3 is 5.97 Å². The third kappa shape index (κ3) is 241. The zero-order valence-electron chi connectivity index (χ0n) is 13.2. The van der Waals surface area contributed by atoms with Crippen molar-refractivity contribution in [2.75, 3.05) is 26.6 Å². The summed E-state index contributed by atoms with van der Waals surface area (Å²) in [6, 6.07) is 0. The quantitative estimate of drug-likeness (QED) is 0.470. The minimum atomic E-state index is -0.833. The zero-order valence-corrected chi connectivity index (χ0v) is 13.2. The first-order chi connectivity index (χ1) is 9.33. The number of aliphatic hydroxyl groups excluding tert-OH is 1. The molecule has 0 heterocycles. The highest BCUT2D eigenvalue weighted by molar-refractivity contribution is 5.66. The summed E-state index contributed by atoms with van der Waals surface area (Å²) in [6.07, 6.45) is 1.28. The predicted octanol–water partition coefficient (Wildman–Crippen LogP) is 4.52. The molecule has 0 aromatic rings. The van der Waals surface area contributed by atoms with Gasteiger partial charge in [0.1, 0.15) is 6.79 Å². The normalized spacial score (nSPS) is 6.58. The van der Waals surface area contributed by atoms with Gasteiger partial charge in [0.05, 0.1) is 0 Å². The lowest BCUT2D eigenvalue weighted by atomic mass is 10.5. The van der Waals surface area contributed by atoms with Crippen LogP contribution in [0, 0.1) is 0 Å². The Morgan fingerprint density at radius 2 is 1.17 bits per heavy atom. The first kappa shape index (κ1) is 49.5. The number of rotatable bonds is 6. The van der Waals surface area contributed by atoms with E-state index < -0.39 is 11.9 Å². The van der Waals surface area contributed by atoms with E-state index in [0.717, 1.165) is 26.6 Å². The topological polar surface area (TPSA) is 113 Å². The molecule has 0 rings (SSSR count). The molecule has 7 heteroatoms. The molecule has 0 bridgehead atoms. The van der Waals surface area contributed by atoms with Crippen LogP contribution in [0.25, 0.3) is 0 Å². The Morgan fingerprint density at radius 1 is 0.875 bits per heavy atom. The van der Waals surface area contributed by atoms with Gasteiger partial charge in [-0.1, -0.05) is 43.6 Å². The van der Waals surface area contributed by atoms with Crippen molar-refractivity contribution in [1.82, 2.24) is 0 Å². The van der Waals surface area contributed by atoms with E-state index in [1.807, 2.05) is 6.92 Å². The van der Waals surface area contributed by atoms with E-state index in [0.29, 0.717) is 6.79 Å². The molecule has 0 spiro atoms. The van der Waals surface area contributed by atoms with Crippen molar-refractivity contribution in [3.63, 3.8) is 0 Å². The number of aliphatic carboxylic acids is 2. The Morgan fingerprint density at radius 3 is 1.33 bits per heavy atom. The predicted molar refractivity (Wildman–Crippen MR) is 104 cm³/mol. The fraction of sp³-hybridized carbons (Fsp3) is 0.882. The Balaban J connectivity index is -0.0000000238. The summed E-state index contributed by atoms with van der Waals surface area (Å²) in [7, 11) is 0. The van der Waals surface area contributed by atoms with Crippen molar-refractivity contribution in [3.05, 3.63) is 0 Å². The van der Waals surface area contributed by atoms with Gasteiger partial charge in [0, 0.05) is 33.2 Å². The molecule has 0 aliphatic heterocycles. The van der Waals surface area contributed by atoms with Crippen molar-refractivity contribution in [2.45, 2.75) is 77.2 Å². The number of carbonyl (C=O) groups is 2. The summed E-state index contributed by atoms with van der Waals surface area (Å²) in [6.45, 7) is 10.6. The standard InChI is InChI=1S/C6H14O2.C3H6O2.C2H4O2.C2H6O.4CH4/c1-3-5-8-6-7-4-2;1-2-3(4)5;1-2(3)4;1-2-3;;;;/h3-6H2,1-2H3;2H2,1H3,(H,4,5);1H3,(H,3,4);3H,2H2,1H3;4*1H4. The molecule has 0 unspecified atom stereocenters. The van der Waals surface area contributed by atoms with Crippen LogP contribution in [-0.2, 0) is 19.1 Å². The van der Waals surface area contributed by atoms with Gasteiger partial charge in [0.15, 0.2) is 0 Å². The van der Waals surface area contributed by atoms with Crippen LogP contribution < -0.4 is 0 Å². The monoisotopic (exact) mass is 362 g/mol. The molecule has 0 fully saturated rings. The molecule has 3 N–H and O–H groups in total. The fourth-order valence-electron chi connectivity index (χ4n) is 0.346. The van der Waals surface area contributed by atoms with E-state index in [1.54, 1.807) is 13.8 Å². The number of hydrogen-bond donors (Lipinski definition) is 3. The maximum atomic E-state index is 9.37. The highest BCUT2D eigenvalue weighted by Crippen LogP contribution is 1.80. The van der Waals surface area contributed by atoms with E-state index in [4.69, 9.17) is 29.6 Å². The van der Waals surface area contributed by atoms with Crippen LogP contribution in [0.1, 0.15) is 77.2 Å². The largest absolute Gasteiger partial charge is 0.481 e. The molecule has 0 aromatic carbocycles. The Bertz CT molecular complexity index is 176.